The van der Waals surface area contributed by atoms with E-state index < -0.39 is 0 Å². The quantitative estimate of drug-likeness (QED) is 0.507. The normalized spacial score (nSPS) is 12.6. The fourth-order valence-corrected chi connectivity index (χ4v) is 3.03. The second-order valence-electron chi connectivity index (χ2n) is 5.73. The van der Waals surface area contributed by atoms with Gasteiger partial charge in [-0.2, -0.15) is 0 Å². The third-order valence-electron chi connectivity index (χ3n) is 4.22. The highest BCUT2D eigenvalue weighted by atomic mass is 15.0. The SMILES string of the molecule is [3H]c1ccc(-c2ccc(C(c3ccccc3)n3ccnc3)cc2)cc1. The maximum absolute atomic E-state index is 7.61. The van der Waals surface area contributed by atoms with Crippen molar-refractivity contribution in [3.63, 3.8) is 0 Å². The van der Waals surface area contributed by atoms with E-state index in [1.807, 2.05) is 49.1 Å². The first-order valence-electron chi connectivity index (χ1n) is 8.51. The van der Waals surface area contributed by atoms with Crippen LogP contribution in [0, 0.1) is 0 Å². The molecule has 0 amide bonds. The lowest BCUT2D eigenvalue weighted by Gasteiger charge is -2.20. The summed E-state index contributed by atoms with van der Waals surface area (Å²) in [6, 6.07) is 27.3. The van der Waals surface area contributed by atoms with Crippen LogP contribution in [0.3, 0.4) is 0 Å². The maximum Gasteiger partial charge on any atom is 0.0954 e. The molecule has 0 aliphatic heterocycles. The monoisotopic (exact) mass is 312 g/mol. The molecule has 0 aliphatic rings. The van der Waals surface area contributed by atoms with Crippen molar-refractivity contribution < 1.29 is 1.37 Å². The first kappa shape index (κ1) is 13.3. The van der Waals surface area contributed by atoms with Gasteiger partial charge in [-0.25, -0.2) is 4.98 Å². The van der Waals surface area contributed by atoms with Gasteiger partial charge in [-0.05, 0) is 22.3 Å². The van der Waals surface area contributed by atoms with Crippen molar-refractivity contribution in [2.45, 2.75) is 6.04 Å². The van der Waals surface area contributed by atoms with E-state index in [1.54, 1.807) is 0 Å². The van der Waals surface area contributed by atoms with E-state index in [4.69, 9.17) is 1.37 Å². The molecule has 1 heterocycles. The second kappa shape index (κ2) is 6.55. The molecule has 0 radical (unpaired) electrons. The average Bonchev–Trinajstić information content (AvgIpc) is 3.18. The molecule has 1 aromatic heterocycles. The Hall–Kier alpha value is -3.13. The van der Waals surface area contributed by atoms with Crippen LogP contribution in [-0.4, -0.2) is 9.55 Å². The molecule has 0 spiro atoms. The van der Waals surface area contributed by atoms with Gasteiger partial charge < -0.3 is 4.57 Å². The molecule has 0 bridgehead atoms. The number of benzene rings is 3. The summed E-state index contributed by atoms with van der Waals surface area (Å²) in [6.45, 7) is 0. The molecule has 24 heavy (non-hydrogen) atoms. The largest absolute Gasteiger partial charge is 0.326 e. The fourth-order valence-electron chi connectivity index (χ4n) is 3.03. The van der Waals surface area contributed by atoms with Gasteiger partial charge in [0, 0.05) is 12.4 Å². The molecule has 4 rings (SSSR count). The summed E-state index contributed by atoms with van der Waals surface area (Å²) in [5.41, 5.74) is 4.72. The van der Waals surface area contributed by atoms with E-state index in [-0.39, 0.29) is 6.04 Å². The minimum atomic E-state index is 0.105. The molecule has 0 N–H and O–H groups in total. The molecule has 1 unspecified atom stereocenters. The highest BCUT2D eigenvalue weighted by Gasteiger charge is 2.15. The van der Waals surface area contributed by atoms with Gasteiger partial charge in [0.15, 0.2) is 0 Å². The zero-order valence-corrected chi connectivity index (χ0v) is 13.2. The molecular weight excluding hydrogens is 292 g/mol. The van der Waals surface area contributed by atoms with E-state index in [0.717, 1.165) is 11.1 Å². The Morgan fingerprint density at radius 1 is 0.750 bits per heavy atom. The Morgan fingerprint density at radius 2 is 1.42 bits per heavy atom. The number of aromatic nitrogens is 2. The van der Waals surface area contributed by atoms with Crippen LogP contribution in [0.2, 0.25) is 0 Å². The average molecular weight is 312 g/mol. The summed E-state index contributed by atoms with van der Waals surface area (Å²) in [5.74, 6) is 0. The van der Waals surface area contributed by atoms with Crippen molar-refractivity contribution in [2.75, 3.05) is 0 Å². The van der Waals surface area contributed by atoms with Crippen LogP contribution >= 0.6 is 0 Å². The Morgan fingerprint density at radius 3 is 2.08 bits per heavy atom. The lowest BCUT2D eigenvalue weighted by Crippen LogP contribution is -2.10. The Kier molecular flexibility index (Phi) is 3.63. The van der Waals surface area contributed by atoms with Crippen LogP contribution in [0.25, 0.3) is 11.1 Å². The van der Waals surface area contributed by atoms with Gasteiger partial charge in [0.1, 0.15) is 0 Å². The van der Waals surface area contributed by atoms with Crippen LogP contribution in [-0.2, 0) is 0 Å². The van der Waals surface area contributed by atoms with E-state index in [1.165, 1.54) is 11.1 Å². The van der Waals surface area contributed by atoms with Gasteiger partial charge in [0.25, 0.3) is 0 Å². The van der Waals surface area contributed by atoms with Crippen molar-refractivity contribution in [3.05, 3.63) is 115 Å². The van der Waals surface area contributed by atoms with Gasteiger partial charge in [0.2, 0.25) is 0 Å². The zero-order valence-electron chi connectivity index (χ0n) is 14.2. The minimum absolute atomic E-state index is 0.105. The molecular formula is C22H18N2. The second-order valence-corrected chi connectivity index (χ2v) is 5.73. The van der Waals surface area contributed by atoms with E-state index in [9.17, 15) is 0 Å². The first-order chi connectivity index (χ1) is 12.3. The van der Waals surface area contributed by atoms with Crippen molar-refractivity contribution in [1.29, 1.82) is 0 Å². The number of hydrogen-bond donors (Lipinski definition) is 0. The standard InChI is InChI=1S/C22H18N2/c1-3-7-18(8-4-1)19-11-13-21(14-12-19)22(24-16-15-23-17-24)20-9-5-2-6-10-20/h1-17,22H/i1T. The smallest absolute Gasteiger partial charge is 0.0954 e. The highest BCUT2D eigenvalue weighted by Crippen LogP contribution is 2.28. The number of nitrogens with zero attached hydrogens (tertiary/aromatic N) is 2. The molecule has 2 heteroatoms. The van der Waals surface area contributed by atoms with Crippen LogP contribution in [0.15, 0.2) is 104 Å². The molecule has 116 valence electrons. The first-order valence-corrected chi connectivity index (χ1v) is 8.01. The van der Waals surface area contributed by atoms with Gasteiger partial charge in [-0.15, -0.1) is 0 Å². The van der Waals surface area contributed by atoms with Gasteiger partial charge >= 0.3 is 0 Å². The fraction of sp³-hybridized carbons (Fsp3) is 0.0455. The Bertz CT molecular complexity index is 928. The van der Waals surface area contributed by atoms with E-state index in [2.05, 4.69) is 58.1 Å². The van der Waals surface area contributed by atoms with Crippen molar-refractivity contribution in [3.8, 4) is 11.1 Å². The van der Waals surface area contributed by atoms with Crippen LogP contribution < -0.4 is 0 Å². The summed E-state index contributed by atoms with van der Waals surface area (Å²) in [6.07, 6.45) is 5.67. The molecule has 1 atom stereocenters. The van der Waals surface area contributed by atoms with Crippen LogP contribution in [0.5, 0.6) is 0 Å². The molecule has 0 saturated carbocycles. The Balaban J connectivity index is 1.72. The number of imidazole rings is 1. The predicted octanol–water partition coefficient (Wildman–Crippen LogP) is 5.19. The summed E-state index contributed by atoms with van der Waals surface area (Å²) in [5, 5.41) is 0. The topological polar surface area (TPSA) is 17.8 Å². The predicted molar refractivity (Wildman–Crippen MR) is 97.8 cm³/mol. The summed E-state index contributed by atoms with van der Waals surface area (Å²) >= 11 is 0. The lowest BCUT2D eigenvalue weighted by atomic mass is 9.96. The highest BCUT2D eigenvalue weighted by molar-refractivity contribution is 5.63. The molecule has 2 nitrogen and oxygen atoms in total. The third kappa shape index (κ3) is 2.86. The molecule has 0 fully saturated rings. The van der Waals surface area contributed by atoms with Crippen molar-refractivity contribution >= 4 is 0 Å². The Labute approximate surface area is 143 Å². The van der Waals surface area contributed by atoms with Gasteiger partial charge in [-0.1, -0.05) is 84.9 Å². The summed E-state index contributed by atoms with van der Waals surface area (Å²) in [7, 11) is 0. The zero-order chi connectivity index (χ0) is 17.1. The summed E-state index contributed by atoms with van der Waals surface area (Å²) < 4.78 is 9.74. The molecule has 0 saturated heterocycles. The number of hydrogen-bond acceptors (Lipinski definition) is 1. The van der Waals surface area contributed by atoms with Crippen molar-refractivity contribution in [2.24, 2.45) is 0 Å². The van der Waals surface area contributed by atoms with Gasteiger partial charge in [-0.3, -0.25) is 0 Å². The van der Waals surface area contributed by atoms with E-state index in [0.29, 0.717) is 6.04 Å². The third-order valence-corrected chi connectivity index (χ3v) is 4.22. The molecule has 3 aromatic carbocycles. The summed E-state index contributed by atoms with van der Waals surface area (Å²) in [4.78, 5) is 4.21. The lowest BCUT2D eigenvalue weighted by molar-refractivity contribution is 0.677. The van der Waals surface area contributed by atoms with Crippen LogP contribution in [0.4, 0.5) is 0 Å². The minimum Gasteiger partial charge on any atom is -0.326 e. The maximum atomic E-state index is 7.61. The van der Waals surface area contributed by atoms with Gasteiger partial charge in [0.05, 0.1) is 13.7 Å². The molecule has 0 aliphatic carbocycles. The van der Waals surface area contributed by atoms with E-state index >= 15 is 0 Å². The van der Waals surface area contributed by atoms with Crippen molar-refractivity contribution in [1.82, 2.24) is 9.55 Å². The molecule has 4 aromatic rings. The van der Waals surface area contributed by atoms with Crippen LogP contribution in [0.1, 0.15) is 18.5 Å². The number of rotatable bonds is 4.